The average molecular weight is 522 g/mol. The summed E-state index contributed by atoms with van der Waals surface area (Å²) in [5, 5.41) is 5.19. The molecule has 6 nitrogen and oxygen atoms in total. The fourth-order valence-electron chi connectivity index (χ4n) is 4.89. The molecule has 8 heteroatoms. The third-order valence-corrected chi connectivity index (χ3v) is 8.45. The van der Waals surface area contributed by atoms with Crippen molar-refractivity contribution in [1.82, 2.24) is 19.9 Å². The van der Waals surface area contributed by atoms with Gasteiger partial charge in [-0.2, -0.15) is 0 Å². The summed E-state index contributed by atoms with van der Waals surface area (Å²) in [7, 11) is 0. The molecule has 1 aliphatic carbocycles. The summed E-state index contributed by atoms with van der Waals surface area (Å²) in [6.45, 7) is 8.31. The molecule has 3 aromatic heterocycles. The van der Waals surface area contributed by atoms with Crippen LogP contribution in [0, 0.1) is 5.92 Å². The fourth-order valence-corrected chi connectivity index (χ4v) is 6.43. The Morgan fingerprint density at radius 2 is 2.03 bits per heavy atom. The number of benzene rings is 1. The molecular formula is C28H32ClN5OS. The number of halogens is 1. The molecule has 0 saturated carbocycles. The van der Waals surface area contributed by atoms with Crippen molar-refractivity contribution in [2.24, 2.45) is 5.92 Å². The first kappa shape index (κ1) is 24.9. The molecule has 0 amide bonds. The van der Waals surface area contributed by atoms with Crippen LogP contribution in [-0.2, 0) is 19.4 Å². The maximum Gasteiger partial charge on any atom is 0.142 e. The third kappa shape index (κ3) is 5.64. The van der Waals surface area contributed by atoms with E-state index >= 15 is 0 Å². The summed E-state index contributed by atoms with van der Waals surface area (Å²) in [5.41, 5.74) is 3.15. The molecule has 0 saturated heterocycles. The number of aryl methyl sites for hydroxylation is 1. The Morgan fingerprint density at radius 1 is 1.14 bits per heavy atom. The van der Waals surface area contributed by atoms with Gasteiger partial charge in [-0.15, -0.1) is 11.3 Å². The summed E-state index contributed by atoms with van der Waals surface area (Å²) in [6.07, 6.45) is 8.12. The van der Waals surface area contributed by atoms with Gasteiger partial charge in [0.1, 0.15) is 29.3 Å². The molecule has 1 atom stereocenters. The van der Waals surface area contributed by atoms with Crippen LogP contribution in [0.5, 0.6) is 5.75 Å². The molecule has 3 heterocycles. The number of nitrogens with zero attached hydrogens (tertiary/aromatic N) is 4. The highest BCUT2D eigenvalue weighted by atomic mass is 35.5. The van der Waals surface area contributed by atoms with Gasteiger partial charge in [0.15, 0.2) is 0 Å². The number of fused-ring (bicyclic) bond motifs is 3. The summed E-state index contributed by atoms with van der Waals surface area (Å²) >= 11 is 8.37. The van der Waals surface area contributed by atoms with Gasteiger partial charge >= 0.3 is 0 Å². The SMILES string of the molecule is CCN(CC)CCC1CCc2c(sc3ncnc(Nc4ccc(OCc5ccccn5)c(Cl)c4)c23)C1. The van der Waals surface area contributed by atoms with Crippen molar-refractivity contribution >= 4 is 44.7 Å². The summed E-state index contributed by atoms with van der Waals surface area (Å²) in [4.78, 5) is 18.6. The molecule has 0 radical (unpaired) electrons. The van der Waals surface area contributed by atoms with Crippen LogP contribution in [-0.4, -0.2) is 39.5 Å². The van der Waals surface area contributed by atoms with Crippen LogP contribution in [0.3, 0.4) is 0 Å². The molecule has 0 bridgehead atoms. The minimum atomic E-state index is 0.372. The number of ether oxygens (including phenoxy) is 1. The van der Waals surface area contributed by atoms with Crippen LogP contribution in [0.25, 0.3) is 10.2 Å². The van der Waals surface area contributed by atoms with Gasteiger partial charge in [0.2, 0.25) is 0 Å². The Kier molecular flexibility index (Phi) is 7.99. The van der Waals surface area contributed by atoms with Gasteiger partial charge in [-0.3, -0.25) is 4.98 Å². The van der Waals surface area contributed by atoms with E-state index in [9.17, 15) is 0 Å². The van der Waals surface area contributed by atoms with Crippen molar-refractivity contribution in [2.45, 2.75) is 46.1 Å². The van der Waals surface area contributed by atoms with E-state index in [1.54, 1.807) is 12.5 Å². The van der Waals surface area contributed by atoms with Gasteiger partial charge < -0.3 is 15.0 Å². The van der Waals surface area contributed by atoms with E-state index in [4.69, 9.17) is 16.3 Å². The van der Waals surface area contributed by atoms with Crippen LogP contribution in [0.2, 0.25) is 5.02 Å². The number of hydrogen-bond donors (Lipinski definition) is 1. The van der Waals surface area contributed by atoms with E-state index in [0.29, 0.717) is 17.4 Å². The Balaban J connectivity index is 1.30. The lowest BCUT2D eigenvalue weighted by Crippen LogP contribution is -2.27. The molecule has 0 spiro atoms. The number of hydrogen-bond acceptors (Lipinski definition) is 7. The Bertz CT molecular complexity index is 1310. The number of pyridine rings is 1. The zero-order valence-corrected chi connectivity index (χ0v) is 22.4. The first-order chi connectivity index (χ1) is 17.6. The molecule has 36 heavy (non-hydrogen) atoms. The van der Waals surface area contributed by atoms with E-state index in [2.05, 4.69) is 39.0 Å². The summed E-state index contributed by atoms with van der Waals surface area (Å²) < 4.78 is 5.87. The van der Waals surface area contributed by atoms with Crippen LogP contribution in [0.15, 0.2) is 48.9 Å². The smallest absolute Gasteiger partial charge is 0.142 e. The highest BCUT2D eigenvalue weighted by Gasteiger charge is 2.25. The minimum Gasteiger partial charge on any atom is -0.486 e. The maximum atomic E-state index is 6.54. The van der Waals surface area contributed by atoms with Gasteiger partial charge in [0, 0.05) is 16.8 Å². The van der Waals surface area contributed by atoms with E-state index in [1.807, 2.05) is 47.7 Å². The summed E-state index contributed by atoms with van der Waals surface area (Å²) in [5.74, 6) is 2.22. The van der Waals surface area contributed by atoms with Crippen molar-refractivity contribution in [2.75, 3.05) is 25.0 Å². The van der Waals surface area contributed by atoms with Crippen LogP contribution < -0.4 is 10.1 Å². The number of aromatic nitrogens is 3. The second-order valence-electron chi connectivity index (χ2n) is 9.21. The zero-order chi connectivity index (χ0) is 24.9. The predicted molar refractivity (Wildman–Crippen MR) is 149 cm³/mol. The van der Waals surface area contributed by atoms with Gasteiger partial charge in [0.05, 0.1) is 16.1 Å². The van der Waals surface area contributed by atoms with Gasteiger partial charge in [-0.1, -0.05) is 31.5 Å². The van der Waals surface area contributed by atoms with Crippen molar-refractivity contribution in [3.8, 4) is 5.75 Å². The quantitative estimate of drug-likeness (QED) is 0.245. The Morgan fingerprint density at radius 3 is 2.81 bits per heavy atom. The molecular weight excluding hydrogens is 490 g/mol. The van der Waals surface area contributed by atoms with Crippen LogP contribution in [0.1, 0.15) is 42.8 Å². The first-order valence-corrected chi connectivity index (χ1v) is 13.9. The molecule has 1 unspecified atom stereocenters. The van der Waals surface area contributed by atoms with Crippen molar-refractivity contribution in [3.63, 3.8) is 0 Å². The molecule has 5 rings (SSSR count). The molecule has 1 aliphatic rings. The van der Waals surface area contributed by atoms with Gasteiger partial charge in [-0.05, 0) is 87.1 Å². The van der Waals surface area contributed by atoms with Gasteiger partial charge in [0.25, 0.3) is 0 Å². The molecule has 1 N–H and O–H groups in total. The zero-order valence-electron chi connectivity index (χ0n) is 20.8. The fraction of sp³-hybridized carbons (Fsp3) is 0.393. The monoisotopic (exact) mass is 521 g/mol. The number of anilines is 2. The number of nitrogens with one attached hydrogen (secondary N) is 1. The minimum absolute atomic E-state index is 0.372. The number of thiophene rings is 1. The largest absolute Gasteiger partial charge is 0.486 e. The lowest BCUT2D eigenvalue weighted by atomic mass is 9.85. The molecule has 1 aromatic carbocycles. The lowest BCUT2D eigenvalue weighted by molar-refractivity contribution is 0.267. The second-order valence-corrected chi connectivity index (χ2v) is 10.7. The van der Waals surface area contributed by atoms with E-state index < -0.39 is 0 Å². The summed E-state index contributed by atoms with van der Waals surface area (Å²) in [6, 6.07) is 11.5. The predicted octanol–water partition coefficient (Wildman–Crippen LogP) is 6.90. The lowest BCUT2D eigenvalue weighted by Gasteiger charge is -2.25. The Labute approximate surface area is 221 Å². The number of rotatable bonds is 10. The Hall–Kier alpha value is -2.74. The standard InChI is InChI=1S/C28H32ClN5OS/c1-3-34(4-2)14-12-19-8-10-22-25(15-19)36-28-26(22)27(31-18-32-28)33-20-9-11-24(23(29)16-20)35-17-21-7-5-6-13-30-21/h5-7,9,11,13,16,18-19H,3-4,8,10,12,14-15,17H2,1-2H3,(H,31,32,33). The normalized spacial score (nSPS) is 15.3. The van der Waals surface area contributed by atoms with Crippen molar-refractivity contribution < 1.29 is 4.74 Å². The second kappa shape index (κ2) is 11.5. The van der Waals surface area contributed by atoms with Crippen LogP contribution in [0.4, 0.5) is 11.5 Å². The highest BCUT2D eigenvalue weighted by Crippen LogP contribution is 2.41. The average Bonchev–Trinajstić information content (AvgIpc) is 3.28. The van der Waals surface area contributed by atoms with Crippen molar-refractivity contribution in [3.05, 3.63) is 70.1 Å². The highest BCUT2D eigenvalue weighted by molar-refractivity contribution is 7.19. The topological polar surface area (TPSA) is 63.2 Å². The van der Waals surface area contributed by atoms with Gasteiger partial charge in [-0.25, -0.2) is 9.97 Å². The van der Waals surface area contributed by atoms with Crippen LogP contribution >= 0.6 is 22.9 Å². The maximum absolute atomic E-state index is 6.54. The first-order valence-electron chi connectivity index (χ1n) is 12.7. The molecule has 0 aliphatic heterocycles. The van der Waals surface area contributed by atoms with E-state index in [0.717, 1.165) is 59.3 Å². The molecule has 4 aromatic rings. The third-order valence-electron chi connectivity index (χ3n) is 6.99. The van der Waals surface area contributed by atoms with E-state index in [-0.39, 0.29) is 0 Å². The van der Waals surface area contributed by atoms with Crippen molar-refractivity contribution in [1.29, 1.82) is 0 Å². The van der Waals surface area contributed by atoms with E-state index in [1.165, 1.54) is 29.8 Å². The molecule has 188 valence electrons. The molecule has 0 fully saturated rings.